The van der Waals surface area contributed by atoms with Gasteiger partial charge in [-0.2, -0.15) is 13.2 Å². The minimum atomic E-state index is -4.22. The fraction of sp³-hybridized carbons (Fsp3) is 0.588. The van der Waals surface area contributed by atoms with Crippen molar-refractivity contribution >= 4 is 5.69 Å². The van der Waals surface area contributed by atoms with Gasteiger partial charge in [0.1, 0.15) is 5.41 Å². The van der Waals surface area contributed by atoms with E-state index in [1.54, 1.807) is 12.4 Å². The van der Waals surface area contributed by atoms with Crippen molar-refractivity contribution in [2.24, 2.45) is 5.41 Å². The first kappa shape index (κ1) is 16.7. The Hall–Kier alpha value is -1.70. The molecule has 0 N–H and O–H groups in total. The summed E-state index contributed by atoms with van der Waals surface area (Å²) in [6.45, 7) is 4.94. The number of aromatic nitrogens is 1. The zero-order valence-electron chi connectivity index (χ0n) is 13.2. The van der Waals surface area contributed by atoms with E-state index in [2.05, 4.69) is 21.7 Å². The Kier molecular flexibility index (Phi) is 4.69. The first-order valence-electron chi connectivity index (χ1n) is 7.71. The molecule has 5 heteroatoms. The van der Waals surface area contributed by atoms with Crippen molar-refractivity contribution in [3.8, 4) is 11.8 Å². The van der Waals surface area contributed by atoms with Gasteiger partial charge in [-0.25, -0.2) is 0 Å². The van der Waals surface area contributed by atoms with Crippen molar-refractivity contribution in [1.29, 1.82) is 0 Å². The molecule has 0 aromatic carbocycles. The highest BCUT2D eigenvalue weighted by atomic mass is 19.4. The zero-order valence-corrected chi connectivity index (χ0v) is 13.2. The maximum Gasteiger partial charge on any atom is 0.405 e. The monoisotopic (exact) mass is 310 g/mol. The molecule has 0 saturated heterocycles. The lowest BCUT2D eigenvalue weighted by atomic mass is 9.98. The number of rotatable bonds is 0. The van der Waals surface area contributed by atoms with Crippen LogP contribution in [-0.2, 0) is 6.42 Å². The van der Waals surface area contributed by atoms with E-state index in [0.717, 1.165) is 30.6 Å². The zero-order chi connectivity index (χ0) is 16.4. The number of pyridine rings is 1. The summed E-state index contributed by atoms with van der Waals surface area (Å²) in [7, 11) is 1.97. The van der Waals surface area contributed by atoms with Gasteiger partial charge in [-0.1, -0.05) is 25.7 Å². The van der Waals surface area contributed by atoms with Crippen LogP contribution < -0.4 is 4.90 Å². The summed E-state index contributed by atoms with van der Waals surface area (Å²) < 4.78 is 38.6. The molecule has 2 nitrogen and oxygen atoms in total. The van der Waals surface area contributed by atoms with Gasteiger partial charge in [-0.05, 0) is 31.2 Å². The molecule has 0 amide bonds. The average Bonchev–Trinajstić information content (AvgIpc) is 3.29. The molecule has 120 valence electrons. The van der Waals surface area contributed by atoms with Crippen LogP contribution in [0.25, 0.3) is 0 Å². The molecule has 1 fully saturated rings. The van der Waals surface area contributed by atoms with Crippen LogP contribution in [0, 0.1) is 17.3 Å². The summed E-state index contributed by atoms with van der Waals surface area (Å²) in [5, 5.41) is 0. The summed E-state index contributed by atoms with van der Waals surface area (Å²) >= 11 is 0. The van der Waals surface area contributed by atoms with Gasteiger partial charge < -0.3 is 4.90 Å². The third-order valence-electron chi connectivity index (χ3n) is 4.10. The van der Waals surface area contributed by atoms with Crippen LogP contribution in [0.5, 0.6) is 0 Å². The molecular formula is C17H21F3N2. The van der Waals surface area contributed by atoms with Gasteiger partial charge in [-0.15, -0.1) is 0 Å². The number of hydrogen-bond acceptors (Lipinski definition) is 2. The Bertz CT molecular complexity index is 592. The van der Waals surface area contributed by atoms with Crippen molar-refractivity contribution < 1.29 is 13.2 Å². The number of hydrogen-bond donors (Lipinski definition) is 0. The normalized spacial score (nSPS) is 18.4. The Balaban J connectivity index is 0.000000847. The molecule has 1 aromatic heterocycles. The highest BCUT2D eigenvalue weighted by molar-refractivity contribution is 5.60. The molecule has 0 unspecified atom stereocenters. The second-order valence-electron chi connectivity index (χ2n) is 5.54. The minimum absolute atomic E-state index is 0.117. The minimum Gasteiger partial charge on any atom is -0.373 e. The standard InChI is InChI=1S/C15H15F3N2.C2H6/c1-20-8-2-3-12-11(9-19-10-13(12)20)4-5-14(6-7-14)15(16,17)18;1-2/h9-10H,2-3,6-8H2,1H3;1-2H3. The number of nitrogens with zero attached hydrogens (tertiary/aromatic N) is 2. The lowest BCUT2D eigenvalue weighted by molar-refractivity contribution is -0.168. The molecular weight excluding hydrogens is 289 g/mol. The second kappa shape index (κ2) is 6.20. The lowest BCUT2D eigenvalue weighted by Gasteiger charge is -2.27. The van der Waals surface area contributed by atoms with Gasteiger partial charge in [0.05, 0.1) is 11.9 Å². The Labute approximate surface area is 129 Å². The topological polar surface area (TPSA) is 16.1 Å². The van der Waals surface area contributed by atoms with Crippen LogP contribution in [0.2, 0.25) is 0 Å². The lowest BCUT2D eigenvalue weighted by Crippen LogP contribution is -2.25. The van der Waals surface area contributed by atoms with Crippen molar-refractivity contribution in [3.63, 3.8) is 0 Å². The van der Waals surface area contributed by atoms with Gasteiger partial charge >= 0.3 is 6.18 Å². The molecule has 1 aliphatic heterocycles. The van der Waals surface area contributed by atoms with Crippen LogP contribution in [0.4, 0.5) is 18.9 Å². The molecule has 1 aromatic rings. The SMILES string of the molecule is CC.CN1CCCc2c(C#CC3(C(F)(F)F)CC3)cncc21. The largest absolute Gasteiger partial charge is 0.405 e. The average molecular weight is 310 g/mol. The third-order valence-corrected chi connectivity index (χ3v) is 4.10. The van der Waals surface area contributed by atoms with Crippen molar-refractivity contribution in [2.75, 3.05) is 18.5 Å². The van der Waals surface area contributed by atoms with Gasteiger partial charge in [-0.3, -0.25) is 4.98 Å². The van der Waals surface area contributed by atoms with Gasteiger partial charge in [0.2, 0.25) is 0 Å². The molecule has 2 heterocycles. The summed E-state index contributed by atoms with van der Waals surface area (Å²) in [6.07, 6.45) is 1.20. The fourth-order valence-electron chi connectivity index (χ4n) is 2.58. The smallest absolute Gasteiger partial charge is 0.373 e. The maximum atomic E-state index is 12.9. The molecule has 1 saturated carbocycles. The number of halogens is 3. The van der Waals surface area contributed by atoms with E-state index in [1.807, 2.05) is 20.9 Å². The molecule has 1 aliphatic carbocycles. The van der Waals surface area contributed by atoms with Crippen molar-refractivity contribution in [2.45, 2.75) is 45.7 Å². The number of fused-ring (bicyclic) bond motifs is 1. The highest BCUT2D eigenvalue weighted by Crippen LogP contribution is 2.57. The Morgan fingerprint density at radius 1 is 1.23 bits per heavy atom. The van der Waals surface area contributed by atoms with Gasteiger partial charge in [0.15, 0.2) is 0 Å². The van der Waals surface area contributed by atoms with Crippen LogP contribution in [0.1, 0.15) is 44.2 Å². The first-order valence-corrected chi connectivity index (χ1v) is 7.71. The van der Waals surface area contributed by atoms with Crippen LogP contribution in [0.15, 0.2) is 12.4 Å². The third kappa shape index (κ3) is 3.06. The quantitative estimate of drug-likeness (QED) is 0.668. The molecule has 0 bridgehead atoms. The van der Waals surface area contributed by atoms with E-state index >= 15 is 0 Å². The molecule has 0 radical (unpaired) electrons. The number of alkyl halides is 3. The predicted molar refractivity (Wildman–Crippen MR) is 81.8 cm³/mol. The molecule has 3 rings (SSSR count). The van der Waals surface area contributed by atoms with Crippen LogP contribution in [0.3, 0.4) is 0 Å². The molecule has 0 spiro atoms. The summed E-state index contributed by atoms with van der Waals surface area (Å²) in [4.78, 5) is 6.18. The summed E-state index contributed by atoms with van der Waals surface area (Å²) in [5.41, 5.74) is 0.889. The Morgan fingerprint density at radius 3 is 2.50 bits per heavy atom. The van der Waals surface area contributed by atoms with Crippen molar-refractivity contribution in [3.05, 3.63) is 23.5 Å². The Morgan fingerprint density at radius 2 is 1.91 bits per heavy atom. The second-order valence-corrected chi connectivity index (χ2v) is 5.54. The molecule has 2 aliphatic rings. The van der Waals surface area contributed by atoms with Crippen LogP contribution >= 0.6 is 0 Å². The van der Waals surface area contributed by atoms with Crippen LogP contribution in [-0.4, -0.2) is 24.8 Å². The van der Waals surface area contributed by atoms with E-state index < -0.39 is 11.6 Å². The van der Waals surface area contributed by atoms with E-state index in [1.165, 1.54) is 0 Å². The van der Waals surface area contributed by atoms with E-state index in [9.17, 15) is 13.2 Å². The van der Waals surface area contributed by atoms with Crippen molar-refractivity contribution in [1.82, 2.24) is 4.98 Å². The predicted octanol–water partition coefficient (Wildman–Crippen LogP) is 4.18. The van der Waals surface area contributed by atoms with E-state index in [-0.39, 0.29) is 12.8 Å². The van der Waals surface area contributed by atoms with E-state index in [4.69, 9.17) is 0 Å². The summed E-state index contributed by atoms with van der Waals surface area (Å²) in [6, 6.07) is 0. The highest BCUT2D eigenvalue weighted by Gasteiger charge is 2.62. The van der Waals surface area contributed by atoms with Gasteiger partial charge in [0, 0.05) is 25.4 Å². The maximum absolute atomic E-state index is 12.9. The fourth-order valence-corrected chi connectivity index (χ4v) is 2.58. The molecule has 0 atom stereocenters. The summed E-state index contributed by atoms with van der Waals surface area (Å²) in [5.74, 6) is 5.20. The number of anilines is 1. The van der Waals surface area contributed by atoms with Gasteiger partial charge in [0.25, 0.3) is 0 Å². The van der Waals surface area contributed by atoms with E-state index in [0.29, 0.717) is 5.56 Å². The molecule has 22 heavy (non-hydrogen) atoms. The first-order chi connectivity index (χ1) is 10.4.